The van der Waals surface area contributed by atoms with Crippen LogP contribution in [0.4, 0.5) is 5.69 Å². The number of amides is 1. The highest BCUT2D eigenvalue weighted by molar-refractivity contribution is 5.94. The van der Waals surface area contributed by atoms with Gasteiger partial charge >= 0.3 is 0 Å². The molecule has 24 heavy (non-hydrogen) atoms. The molecule has 2 heterocycles. The van der Waals surface area contributed by atoms with Gasteiger partial charge in [0, 0.05) is 57.1 Å². The minimum Gasteiger partial charge on any atom is -0.396 e. The van der Waals surface area contributed by atoms with E-state index in [-0.39, 0.29) is 18.4 Å². The third-order valence-electron chi connectivity index (χ3n) is 5.36. The maximum Gasteiger partial charge on any atom is 0.253 e. The van der Waals surface area contributed by atoms with E-state index in [4.69, 9.17) is 0 Å². The van der Waals surface area contributed by atoms with Crippen molar-refractivity contribution < 1.29 is 9.90 Å². The first kappa shape index (κ1) is 17.2. The molecule has 2 fully saturated rings. The van der Waals surface area contributed by atoms with Crippen LogP contribution in [0.25, 0.3) is 0 Å². The molecule has 0 aliphatic carbocycles. The SMILES string of the molecule is CCN1CCN(c2ccc(C(=O)N3CCCC(CO)C3)cc2)CC1. The first-order chi connectivity index (χ1) is 11.7. The number of anilines is 1. The molecule has 1 N–H and O–H groups in total. The first-order valence-electron chi connectivity index (χ1n) is 9.18. The normalized spacial score (nSPS) is 22.7. The van der Waals surface area contributed by atoms with Gasteiger partial charge in [-0.15, -0.1) is 0 Å². The molecular weight excluding hydrogens is 302 g/mol. The van der Waals surface area contributed by atoms with Crippen molar-refractivity contribution in [3.05, 3.63) is 29.8 Å². The molecule has 1 unspecified atom stereocenters. The summed E-state index contributed by atoms with van der Waals surface area (Å²) in [4.78, 5) is 19.4. The average molecular weight is 331 g/mol. The summed E-state index contributed by atoms with van der Waals surface area (Å²) in [7, 11) is 0. The molecule has 5 heteroatoms. The molecule has 1 aromatic rings. The summed E-state index contributed by atoms with van der Waals surface area (Å²) >= 11 is 0. The predicted octanol–water partition coefficient (Wildman–Crippen LogP) is 1.67. The van der Waals surface area contributed by atoms with Crippen molar-refractivity contribution in [1.29, 1.82) is 0 Å². The number of piperidine rings is 1. The standard InChI is InChI=1S/C19H29N3O2/c1-2-20-10-12-21(13-11-20)18-7-5-17(6-8-18)19(24)22-9-3-4-16(14-22)15-23/h5-8,16,23H,2-4,9-15H2,1H3. The molecule has 0 spiro atoms. The maximum atomic E-state index is 12.7. The molecular formula is C19H29N3O2. The van der Waals surface area contributed by atoms with E-state index in [1.165, 1.54) is 5.69 Å². The Morgan fingerprint density at radius 3 is 2.46 bits per heavy atom. The van der Waals surface area contributed by atoms with Crippen LogP contribution in [0.1, 0.15) is 30.1 Å². The molecule has 2 aliphatic heterocycles. The fourth-order valence-corrected chi connectivity index (χ4v) is 3.72. The Labute approximate surface area is 144 Å². The Balaban J connectivity index is 1.61. The smallest absolute Gasteiger partial charge is 0.253 e. The number of carbonyl (C=O) groups is 1. The summed E-state index contributed by atoms with van der Waals surface area (Å²) in [5.74, 6) is 0.326. The van der Waals surface area contributed by atoms with E-state index in [1.807, 2.05) is 17.0 Å². The highest BCUT2D eigenvalue weighted by Gasteiger charge is 2.24. The number of aliphatic hydroxyl groups is 1. The quantitative estimate of drug-likeness (QED) is 0.912. The van der Waals surface area contributed by atoms with Gasteiger partial charge in [-0.3, -0.25) is 4.79 Å². The van der Waals surface area contributed by atoms with Crippen molar-refractivity contribution >= 4 is 11.6 Å². The Morgan fingerprint density at radius 2 is 1.83 bits per heavy atom. The van der Waals surface area contributed by atoms with Crippen LogP contribution in [0.3, 0.4) is 0 Å². The molecule has 1 atom stereocenters. The van der Waals surface area contributed by atoms with Crippen LogP contribution in [0.5, 0.6) is 0 Å². The summed E-state index contributed by atoms with van der Waals surface area (Å²) in [5.41, 5.74) is 1.96. The van der Waals surface area contributed by atoms with E-state index in [1.54, 1.807) is 0 Å². The minimum atomic E-state index is 0.0931. The number of nitrogens with zero attached hydrogens (tertiary/aromatic N) is 3. The van der Waals surface area contributed by atoms with Gasteiger partial charge in [-0.25, -0.2) is 0 Å². The largest absolute Gasteiger partial charge is 0.396 e. The molecule has 0 radical (unpaired) electrons. The van der Waals surface area contributed by atoms with Gasteiger partial charge in [0.15, 0.2) is 0 Å². The van der Waals surface area contributed by atoms with E-state index in [0.29, 0.717) is 6.54 Å². The first-order valence-corrected chi connectivity index (χ1v) is 9.18. The molecule has 5 nitrogen and oxygen atoms in total. The van der Waals surface area contributed by atoms with Gasteiger partial charge < -0.3 is 19.8 Å². The molecule has 0 aromatic heterocycles. The molecule has 1 amide bonds. The van der Waals surface area contributed by atoms with Crippen molar-refractivity contribution in [1.82, 2.24) is 9.80 Å². The summed E-state index contributed by atoms with van der Waals surface area (Å²) < 4.78 is 0. The molecule has 0 bridgehead atoms. The maximum absolute atomic E-state index is 12.7. The van der Waals surface area contributed by atoms with Crippen LogP contribution in [-0.2, 0) is 0 Å². The third kappa shape index (κ3) is 3.90. The lowest BCUT2D eigenvalue weighted by molar-refractivity contribution is 0.0620. The fourth-order valence-electron chi connectivity index (χ4n) is 3.72. The predicted molar refractivity (Wildman–Crippen MR) is 96.5 cm³/mol. The highest BCUT2D eigenvalue weighted by Crippen LogP contribution is 2.21. The second-order valence-electron chi connectivity index (χ2n) is 6.91. The van der Waals surface area contributed by atoms with Crippen molar-refractivity contribution in [2.45, 2.75) is 19.8 Å². The van der Waals surface area contributed by atoms with E-state index >= 15 is 0 Å². The highest BCUT2D eigenvalue weighted by atomic mass is 16.3. The Bertz CT molecular complexity index is 538. The number of aliphatic hydroxyl groups excluding tert-OH is 1. The Kier molecular flexibility index (Phi) is 5.74. The monoisotopic (exact) mass is 331 g/mol. The van der Waals surface area contributed by atoms with Crippen LogP contribution in [0.15, 0.2) is 24.3 Å². The zero-order valence-corrected chi connectivity index (χ0v) is 14.7. The summed E-state index contributed by atoms with van der Waals surface area (Å²) in [5, 5.41) is 9.33. The van der Waals surface area contributed by atoms with Crippen molar-refractivity contribution in [2.24, 2.45) is 5.92 Å². The number of rotatable bonds is 4. The summed E-state index contributed by atoms with van der Waals surface area (Å²) in [6.07, 6.45) is 2.00. The summed E-state index contributed by atoms with van der Waals surface area (Å²) in [6, 6.07) is 8.05. The lowest BCUT2D eigenvalue weighted by atomic mass is 9.98. The van der Waals surface area contributed by atoms with E-state index in [0.717, 1.165) is 57.7 Å². The average Bonchev–Trinajstić information content (AvgIpc) is 2.67. The Hall–Kier alpha value is -1.59. The Morgan fingerprint density at radius 1 is 1.12 bits per heavy atom. The van der Waals surface area contributed by atoms with Crippen molar-refractivity contribution in [3.8, 4) is 0 Å². The lowest BCUT2D eigenvalue weighted by Crippen LogP contribution is -2.46. The molecule has 0 saturated carbocycles. The molecule has 2 saturated heterocycles. The van der Waals surface area contributed by atoms with Gasteiger partial charge in [0.2, 0.25) is 0 Å². The second kappa shape index (κ2) is 7.99. The van der Waals surface area contributed by atoms with E-state index in [2.05, 4.69) is 28.9 Å². The van der Waals surface area contributed by atoms with Crippen LogP contribution in [0, 0.1) is 5.92 Å². The van der Waals surface area contributed by atoms with Gasteiger partial charge in [-0.1, -0.05) is 6.92 Å². The number of likely N-dealkylation sites (tertiary alicyclic amines) is 1. The molecule has 1 aromatic carbocycles. The number of benzene rings is 1. The molecule has 2 aliphatic rings. The van der Waals surface area contributed by atoms with Gasteiger partial charge in [0.05, 0.1) is 0 Å². The van der Waals surface area contributed by atoms with Gasteiger partial charge in [-0.05, 0) is 49.6 Å². The zero-order chi connectivity index (χ0) is 16.9. The third-order valence-corrected chi connectivity index (χ3v) is 5.36. The number of likely N-dealkylation sites (N-methyl/N-ethyl adjacent to an activating group) is 1. The number of carbonyl (C=O) groups excluding carboxylic acids is 1. The topological polar surface area (TPSA) is 47.0 Å². The van der Waals surface area contributed by atoms with Crippen molar-refractivity contribution in [2.75, 3.05) is 57.3 Å². The minimum absolute atomic E-state index is 0.0931. The number of piperazine rings is 1. The van der Waals surface area contributed by atoms with E-state index in [9.17, 15) is 9.90 Å². The van der Waals surface area contributed by atoms with Crippen LogP contribution >= 0.6 is 0 Å². The van der Waals surface area contributed by atoms with Gasteiger partial charge in [0.1, 0.15) is 0 Å². The molecule has 132 valence electrons. The van der Waals surface area contributed by atoms with Gasteiger partial charge in [-0.2, -0.15) is 0 Å². The second-order valence-corrected chi connectivity index (χ2v) is 6.91. The summed E-state index contributed by atoms with van der Waals surface area (Å²) in [6.45, 7) is 9.28. The van der Waals surface area contributed by atoms with Crippen molar-refractivity contribution in [3.63, 3.8) is 0 Å². The lowest BCUT2D eigenvalue weighted by Gasteiger charge is -2.35. The number of hydrogen-bond donors (Lipinski definition) is 1. The van der Waals surface area contributed by atoms with Gasteiger partial charge in [0.25, 0.3) is 5.91 Å². The zero-order valence-electron chi connectivity index (χ0n) is 14.7. The van der Waals surface area contributed by atoms with Crippen LogP contribution < -0.4 is 4.90 Å². The van der Waals surface area contributed by atoms with Crippen LogP contribution in [-0.4, -0.2) is 73.2 Å². The van der Waals surface area contributed by atoms with E-state index < -0.39 is 0 Å². The van der Waals surface area contributed by atoms with Crippen LogP contribution in [0.2, 0.25) is 0 Å². The number of hydrogen-bond acceptors (Lipinski definition) is 4. The molecule has 3 rings (SSSR count). The fraction of sp³-hybridized carbons (Fsp3) is 0.632.